The molecule has 5 rings (SSSR count). The summed E-state index contributed by atoms with van der Waals surface area (Å²) >= 11 is 1.66. The van der Waals surface area contributed by atoms with E-state index in [4.69, 9.17) is 4.74 Å². The lowest BCUT2D eigenvalue weighted by molar-refractivity contribution is -0.173. The van der Waals surface area contributed by atoms with Crippen molar-refractivity contribution in [2.45, 2.75) is 24.6 Å². The maximum atomic E-state index is 13.8. The van der Waals surface area contributed by atoms with E-state index in [0.717, 1.165) is 17.8 Å². The van der Waals surface area contributed by atoms with E-state index in [1.807, 2.05) is 41.6 Å². The second kappa shape index (κ2) is 8.26. The van der Waals surface area contributed by atoms with Gasteiger partial charge in [-0.2, -0.15) is 11.3 Å². The number of hydrogen-bond acceptors (Lipinski definition) is 6. The lowest BCUT2D eigenvalue weighted by Crippen LogP contribution is -2.59. The molecule has 0 aliphatic carbocycles. The Bertz CT molecular complexity index is 983. The number of carbonyl (C=O) groups is 1. The van der Waals surface area contributed by atoms with Crippen molar-refractivity contribution in [1.29, 1.82) is 0 Å². The predicted molar refractivity (Wildman–Crippen MR) is 115 cm³/mol. The first kappa shape index (κ1) is 19.4. The molecule has 5 heterocycles. The number of ether oxygens (including phenoxy) is 1. The van der Waals surface area contributed by atoms with Crippen LogP contribution in [0.2, 0.25) is 0 Å². The van der Waals surface area contributed by atoms with Gasteiger partial charge < -0.3 is 9.64 Å². The molecule has 0 aromatic carbocycles. The molecule has 1 amide bonds. The fourth-order valence-corrected chi connectivity index (χ4v) is 5.26. The van der Waals surface area contributed by atoms with E-state index in [-0.39, 0.29) is 11.8 Å². The minimum absolute atomic E-state index is 0.0623. The van der Waals surface area contributed by atoms with Crippen molar-refractivity contribution < 1.29 is 9.53 Å². The number of morpholine rings is 1. The van der Waals surface area contributed by atoms with Crippen LogP contribution in [0.5, 0.6) is 0 Å². The molecule has 2 aliphatic rings. The fraction of sp³-hybridized carbons (Fsp3) is 0.348. The van der Waals surface area contributed by atoms with Crippen LogP contribution in [0, 0.1) is 0 Å². The molecular weight excluding hydrogens is 396 g/mol. The van der Waals surface area contributed by atoms with E-state index in [1.54, 1.807) is 17.5 Å². The minimum Gasteiger partial charge on any atom is -0.361 e. The van der Waals surface area contributed by atoms with Gasteiger partial charge in [0.25, 0.3) is 5.91 Å². The van der Waals surface area contributed by atoms with Gasteiger partial charge in [-0.3, -0.25) is 19.7 Å². The molecule has 6 nitrogen and oxygen atoms in total. The standard InChI is InChI=1S/C23H24N4O2S/c28-22-23(29-10-9-27(22)13-18-6-11-30-16-18)17-26(14-20-5-1-2-8-25-20)15-21(23)19-4-3-7-24-12-19/h1-8,11-12,16,21H,9-10,13-15,17H2/t21-,23+/m0/s1. The highest BCUT2D eigenvalue weighted by Gasteiger charge is 2.57. The third kappa shape index (κ3) is 3.64. The summed E-state index contributed by atoms with van der Waals surface area (Å²) in [5, 5.41) is 4.16. The Morgan fingerprint density at radius 3 is 2.90 bits per heavy atom. The second-order valence-electron chi connectivity index (χ2n) is 7.93. The molecule has 30 heavy (non-hydrogen) atoms. The predicted octanol–water partition coefficient (Wildman–Crippen LogP) is 2.94. The summed E-state index contributed by atoms with van der Waals surface area (Å²) in [4.78, 5) is 26.8. The Kier molecular flexibility index (Phi) is 5.33. The molecule has 1 spiro atoms. The number of amides is 1. The van der Waals surface area contributed by atoms with Crippen LogP contribution >= 0.6 is 11.3 Å². The number of thiophene rings is 1. The van der Waals surface area contributed by atoms with E-state index < -0.39 is 5.60 Å². The van der Waals surface area contributed by atoms with Crippen molar-refractivity contribution >= 4 is 17.2 Å². The van der Waals surface area contributed by atoms with E-state index in [2.05, 4.69) is 37.8 Å². The molecule has 0 saturated carbocycles. The van der Waals surface area contributed by atoms with Gasteiger partial charge in [0.2, 0.25) is 0 Å². The maximum Gasteiger partial charge on any atom is 0.257 e. The van der Waals surface area contributed by atoms with Crippen LogP contribution in [-0.2, 0) is 22.6 Å². The number of aromatic nitrogens is 2. The third-order valence-corrected chi connectivity index (χ3v) is 6.72. The molecule has 3 aromatic rings. The van der Waals surface area contributed by atoms with Crippen molar-refractivity contribution in [3.63, 3.8) is 0 Å². The molecule has 2 fully saturated rings. The number of likely N-dealkylation sites (tertiary alicyclic amines) is 1. The lowest BCUT2D eigenvalue weighted by atomic mass is 9.83. The minimum atomic E-state index is -0.883. The van der Waals surface area contributed by atoms with Gasteiger partial charge in [-0.05, 0) is 46.2 Å². The highest BCUT2D eigenvalue weighted by atomic mass is 32.1. The Morgan fingerprint density at radius 1 is 1.17 bits per heavy atom. The fourth-order valence-electron chi connectivity index (χ4n) is 4.60. The normalized spacial score (nSPS) is 24.6. The Morgan fingerprint density at radius 2 is 2.13 bits per heavy atom. The number of hydrogen-bond donors (Lipinski definition) is 0. The summed E-state index contributed by atoms with van der Waals surface area (Å²) in [7, 11) is 0. The average molecular weight is 421 g/mol. The average Bonchev–Trinajstić information content (AvgIpc) is 3.41. The highest BCUT2D eigenvalue weighted by Crippen LogP contribution is 2.42. The maximum absolute atomic E-state index is 13.8. The second-order valence-corrected chi connectivity index (χ2v) is 8.71. The van der Waals surface area contributed by atoms with E-state index in [0.29, 0.717) is 32.8 Å². The van der Waals surface area contributed by atoms with E-state index in [9.17, 15) is 4.79 Å². The SMILES string of the molecule is O=C1N(Cc2ccsc2)CCO[C@@]12CN(Cc1ccccn1)C[C@H]2c1cccnc1. The quantitative estimate of drug-likeness (QED) is 0.635. The molecule has 2 atom stereocenters. The van der Waals surface area contributed by atoms with Gasteiger partial charge >= 0.3 is 0 Å². The zero-order valence-electron chi connectivity index (χ0n) is 16.7. The lowest BCUT2D eigenvalue weighted by Gasteiger charge is -2.42. The summed E-state index contributed by atoms with van der Waals surface area (Å²) in [6, 6.07) is 12.0. The summed E-state index contributed by atoms with van der Waals surface area (Å²) in [6.45, 7) is 3.79. The molecular formula is C23H24N4O2S. The van der Waals surface area contributed by atoms with Gasteiger partial charge in [-0.15, -0.1) is 0 Å². The first-order chi connectivity index (χ1) is 14.7. The number of rotatable bonds is 5. The summed E-state index contributed by atoms with van der Waals surface area (Å²) < 4.78 is 6.34. The van der Waals surface area contributed by atoms with Crippen LogP contribution in [0.4, 0.5) is 0 Å². The zero-order valence-corrected chi connectivity index (χ0v) is 17.5. The van der Waals surface area contributed by atoms with Gasteiger partial charge in [0.15, 0.2) is 5.60 Å². The van der Waals surface area contributed by atoms with E-state index in [1.165, 1.54) is 5.56 Å². The molecule has 0 bridgehead atoms. The molecule has 3 aromatic heterocycles. The van der Waals surface area contributed by atoms with E-state index >= 15 is 0 Å². The topological polar surface area (TPSA) is 58.6 Å². The number of nitrogens with zero attached hydrogens (tertiary/aromatic N) is 4. The van der Waals surface area contributed by atoms with Crippen LogP contribution in [-0.4, -0.2) is 57.5 Å². The van der Waals surface area contributed by atoms with Crippen LogP contribution < -0.4 is 0 Å². The van der Waals surface area contributed by atoms with Crippen LogP contribution in [0.1, 0.15) is 22.7 Å². The first-order valence-corrected chi connectivity index (χ1v) is 11.2. The van der Waals surface area contributed by atoms with Gasteiger partial charge in [0, 0.05) is 57.2 Å². The van der Waals surface area contributed by atoms with Crippen molar-refractivity contribution in [3.05, 3.63) is 82.6 Å². The smallest absolute Gasteiger partial charge is 0.257 e. The number of carbonyl (C=O) groups excluding carboxylic acids is 1. The molecule has 2 saturated heterocycles. The van der Waals surface area contributed by atoms with Crippen molar-refractivity contribution in [2.24, 2.45) is 0 Å². The zero-order chi connectivity index (χ0) is 20.4. The summed E-state index contributed by atoms with van der Waals surface area (Å²) in [5.74, 6) is 0.0185. The van der Waals surface area contributed by atoms with Gasteiger partial charge in [-0.1, -0.05) is 12.1 Å². The van der Waals surface area contributed by atoms with Crippen LogP contribution in [0.3, 0.4) is 0 Å². The van der Waals surface area contributed by atoms with Gasteiger partial charge in [-0.25, -0.2) is 0 Å². The van der Waals surface area contributed by atoms with Crippen LogP contribution in [0.15, 0.2) is 65.7 Å². The van der Waals surface area contributed by atoms with Crippen molar-refractivity contribution in [2.75, 3.05) is 26.2 Å². The Labute approximate surface area is 180 Å². The largest absolute Gasteiger partial charge is 0.361 e. The summed E-state index contributed by atoms with van der Waals surface area (Å²) in [6.07, 6.45) is 5.44. The third-order valence-electron chi connectivity index (χ3n) is 5.98. The van der Waals surface area contributed by atoms with Crippen molar-refractivity contribution in [1.82, 2.24) is 19.8 Å². The number of pyridine rings is 2. The molecule has 0 unspecified atom stereocenters. The Balaban J connectivity index is 1.45. The first-order valence-electron chi connectivity index (χ1n) is 10.2. The van der Waals surface area contributed by atoms with Gasteiger partial charge in [0.1, 0.15) is 0 Å². The van der Waals surface area contributed by atoms with Crippen LogP contribution in [0.25, 0.3) is 0 Å². The van der Waals surface area contributed by atoms with Gasteiger partial charge in [0.05, 0.1) is 12.3 Å². The molecule has 0 N–H and O–H groups in total. The summed E-state index contributed by atoms with van der Waals surface area (Å²) in [5.41, 5.74) is 2.34. The molecule has 7 heteroatoms. The molecule has 0 radical (unpaired) electrons. The molecule has 154 valence electrons. The molecule has 2 aliphatic heterocycles. The highest BCUT2D eigenvalue weighted by molar-refractivity contribution is 7.07. The van der Waals surface area contributed by atoms with Crippen molar-refractivity contribution in [3.8, 4) is 0 Å². The monoisotopic (exact) mass is 420 g/mol. The Hall–Kier alpha value is -2.61.